The fourth-order valence-corrected chi connectivity index (χ4v) is 2.21. The first-order valence-corrected chi connectivity index (χ1v) is 5.14. The van der Waals surface area contributed by atoms with Crippen molar-refractivity contribution in [2.45, 2.75) is 13.8 Å². The Morgan fingerprint density at radius 1 is 1.67 bits per heavy atom. The van der Waals surface area contributed by atoms with Gasteiger partial charge < -0.3 is 5.32 Å². The molecule has 1 heterocycles. The Balaban J connectivity index is 2.93. The summed E-state index contributed by atoms with van der Waals surface area (Å²) in [5.41, 5.74) is 2.52. The summed E-state index contributed by atoms with van der Waals surface area (Å²) in [6.45, 7) is 9.01. The molecule has 0 spiro atoms. The van der Waals surface area contributed by atoms with Crippen molar-refractivity contribution in [1.29, 1.82) is 0 Å². The second-order valence-electron chi connectivity index (χ2n) is 2.69. The Labute approximate surface area is 78.6 Å². The normalized spacial score (nSPS) is 25.0. The predicted octanol–water partition coefficient (Wildman–Crippen LogP) is 2.69. The smallest absolute Gasteiger partial charge is 0.0438 e. The van der Waals surface area contributed by atoms with E-state index in [2.05, 4.69) is 31.8 Å². The summed E-state index contributed by atoms with van der Waals surface area (Å²) < 4.78 is 0. The third-order valence-corrected chi connectivity index (χ3v) is 3.10. The molecule has 1 fully saturated rings. The van der Waals surface area contributed by atoms with E-state index in [1.165, 1.54) is 16.2 Å². The number of hydrogen-bond acceptors (Lipinski definition) is 2. The van der Waals surface area contributed by atoms with Crippen LogP contribution in [0.5, 0.6) is 0 Å². The maximum atomic E-state index is 3.78. The molecule has 0 aromatic carbocycles. The molecular formula is C10H15NS. The maximum absolute atomic E-state index is 3.78. The lowest BCUT2D eigenvalue weighted by Crippen LogP contribution is -2.22. The molecule has 0 unspecified atom stereocenters. The fraction of sp³-hybridized carbons (Fsp3) is 0.400. The van der Waals surface area contributed by atoms with Crippen molar-refractivity contribution in [1.82, 2.24) is 5.32 Å². The van der Waals surface area contributed by atoms with Gasteiger partial charge in [0.15, 0.2) is 0 Å². The van der Waals surface area contributed by atoms with Crippen molar-refractivity contribution in [2.75, 3.05) is 12.3 Å². The molecule has 1 saturated heterocycles. The summed E-state index contributed by atoms with van der Waals surface area (Å²) in [6.07, 6.45) is 4.04. The molecule has 0 aromatic heterocycles. The molecule has 0 atom stereocenters. The van der Waals surface area contributed by atoms with Gasteiger partial charge in [0.1, 0.15) is 0 Å². The molecule has 66 valence electrons. The standard InChI is InChI=1S/C10H15NS/c1-4-8(3)10-9(5-2)11-6-7-12-10/h4-5,11H,1,6-7H2,2-3H3/b9-5+,10-8+. The molecule has 0 bridgehead atoms. The Morgan fingerprint density at radius 2 is 2.42 bits per heavy atom. The molecule has 1 nitrogen and oxygen atoms in total. The molecular weight excluding hydrogens is 166 g/mol. The number of nitrogens with one attached hydrogen (secondary N) is 1. The predicted molar refractivity (Wildman–Crippen MR) is 57.1 cm³/mol. The van der Waals surface area contributed by atoms with E-state index in [0.717, 1.165) is 12.3 Å². The van der Waals surface area contributed by atoms with Crippen LogP contribution in [-0.4, -0.2) is 12.3 Å². The van der Waals surface area contributed by atoms with Crippen molar-refractivity contribution in [2.24, 2.45) is 0 Å². The van der Waals surface area contributed by atoms with E-state index < -0.39 is 0 Å². The summed E-state index contributed by atoms with van der Waals surface area (Å²) >= 11 is 1.91. The SMILES string of the molecule is C=C/C(C)=C1/SCCN/C1=C/C. The van der Waals surface area contributed by atoms with Crippen LogP contribution in [0.4, 0.5) is 0 Å². The monoisotopic (exact) mass is 181 g/mol. The average Bonchev–Trinajstić information content (AvgIpc) is 2.16. The molecule has 1 aliphatic heterocycles. The van der Waals surface area contributed by atoms with Crippen LogP contribution in [0.1, 0.15) is 13.8 Å². The van der Waals surface area contributed by atoms with Crippen LogP contribution in [-0.2, 0) is 0 Å². The van der Waals surface area contributed by atoms with Crippen LogP contribution in [0.25, 0.3) is 0 Å². The lowest BCUT2D eigenvalue weighted by Gasteiger charge is -2.21. The van der Waals surface area contributed by atoms with Gasteiger partial charge in [0.2, 0.25) is 0 Å². The average molecular weight is 181 g/mol. The molecule has 12 heavy (non-hydrogen) atoms. The Bertz CT molecular complexity index is 238. The Morgan fingerprint density at radius 3 is 3.00 bits per heavy atom. The summed E-state index contributed by atoms with van der Waals surface area (Å²) in [5, 5.41) is 3.37. The number of thioether (sulfide) groups is 1. The van der Waals surface area contributed by atoms with E-state index in [0.29, 0.717) is 0 Å². The van der Waals surface area contributed by atoms with Crippen LogP contribution in [0.15, 0.2) is 34.9 Å². The summed E-state index contributed by atoms with van der Waals surface area (Å²) in [4.78, 5) is 1.35. The maximum Gasteiger partial charge on any atom is 0.0438 e. The molecule has 1 N–H and O–H groups in total. The van der Waals surface area contributed by atoms with Crippen molar-refractivity contribution in [3.05, 3.63) is 34.9 Å². The minimum absolute atomic E-state index is 1.07. The van der Waals surface area contributed by atoms with Crippen LogP contribution in [0.3, 0.4) is 0 Å². The van der Waals surface area contributed by atoms with Gasteiger partial charge in [0, 0.05) is 22.9 Å². The van der Waals surface area contributed by atoms with Gasteiger partial charge in [-0.1, -0.05) is 18.7 Å². The first-order chi connectivity index (χ1) is 5.79. The highest BCUT2D eigenvalue weighted by molar-refractivity contribution is 8.03. The molecule has 0 amide bonds. The second-order valence-corrected chi connectivity index (χ2v) is 3.80. The topological polar surface area (TPSA) is 12.0 Å². The van der Waals surface area contributed by atoms with Crippen molar-refractivity contribution < 1.29 is 0 Å². The molecule has 0 aromatic rings. The summed E-state index contributed by atoms with van der Waals surface area (Å²) in [5.74, 6) is 1.15. The zero-order valence-corrected chi connectivity index (χ0v) is 8.50. The highest BCUT2D eigenvalue weighted by Gasteiger charge is 2.11. The molecule has 0 radical (unpaired) electrons. The Hall–Kier alpha value is -0.630. The van der Waals surface area contributed by atoms with E-state index in [1.54, 1.807) is 0 Å². The van der Waals surface area contributed by atoms with Gasteiger partial charge in [-0.3, -0.25) is 0 Å². The molecule has 2 heteroatoms. The van der Waals surface area contributed by atoms with Crippen LogP contribution in [0, 0.1) is 0 Å². The van der Waals surface area contributed by atoms with E-state index in [-0.39, 0.29) is 0 Å². The summed E-state index contributed by atoms with van der Waals surface area (Å²) in [7, 11) is 0. The van der Waals surface area contributed by atoms with Crippen LogP contribution >= 0.6 is 11.8 Å². The van der Waals surface area contributed by atoms with E-state index in [9.17, 15) is 0 Å². The summed E-state index contributed by atoms with van der Waals surface area (Å²) in [6, 6.07) is 0. The van der Waals surface area contributed by atoms with Crippen molar-refractivity contribution in [3.8, 4) is 0 Å². The third kappa shape index (κ3) is 1.95. The second kappa shape index (κ2) is 4.41. The van der Waals surface area contributed by atoms with Crippen molar-refractivity contribution >= 4 is 11.8 Å². The van der Waals surface area contributed by atoms with Crippen molar-refractivity contribution in [3.63, 3.8) is 0 Å². The fourth-order valence-electron chi connectivity index (χ4n) is 1.15. The van der Waals surface area contributed by atoms with Gasteiger partial charge in [0.25, 0.3) is 0 Å². The molecule has 1 rings (SSSR count). The highest BCUT2D eigenvalue weighted by Crippen LogP contribution is 2.29. The van der Waals surface area contributed by atoms with Gasteiger partial charge >= 0.3 is 0 Å². The minimum Gasteiger partial charge on any atom is -0.384 e. The lowest BCUT2D eigenvalue weighted by molar-refractivity contribution is 0.865. The molecule has 1 aliphatic rings. The largest absolute Gasteiger partial charge is 0.384 e. The Kier molecular flexibility index (Phi) is 3.48. The van der Waals surface area contributed by atoms with Crippen LogP contribution < -0.4 is 5.32 Å². The number of hydrogen-bond donors (Lipinski definition) is 1. The zero-order chi connectivity index (χ0) is 8.97. The van der Waals surface area contributed by atoms with Gasteiger partial charge in [-0.15, -0.1) is 11.8 Å². The van der Waals surface area contributed by atoms with E-state index in [4.69, 9.17) is 0 Å². The highest BCUT2D eigenvalue weighted by atomic mass is 32.2. The van der Waals surface area contributed by atoms with E-state index in [1.807, 2.05) is 17.8 Å². The molecule has 0 aliphatic carbocycles. The first-order valence-electron chi connectivity index (χ1n) is 4.16. The first kappa shape index (κ1) is 9.46. The van der Waals surface area contributed by atoms with Gasteiger partial charge in [-0.25, -0.2) is 0 Å². The molecule has 0 saturated carbocycles. The number of rotatable bonds is 1. The number of allylic oxidation sites excluding steroid dienone is 3. The van der Waals surface area contributed by atoms with Gasteiger partial charge in [-0.2, -0.15) is 0 Å². The zero-order valence-electron chi connectivity index (χ0n) is 7.68. The van der Waals surface area contributed by atoms with Gasteiger partial charge in [-0.05, 0) is 19.4 Å². The van der Waals surface area contributed by atoms with Gasteiger partial charge in [0.05, 0.1) is 0 Å². The van der Waals surface area contributed by atoms with E-state index >= 15 is 0 Å². The quantitative estimate of drug-likeness (QED) is 0.667. The minimum atomic E-state index is 1.07. The third-order valence-electron chi connectivity index (χ3n) is 1.86. The van der Waals surface area contributed by atoms with Crippen LogP contribution in [0.2, 0.25) is 0 Å². The lowest BCUT2D eigenvalue weighted by atomic mass is 10.2.